The average Bonchev–Trinajstić information content (AvgIpc) is 2.92. The number of oxime groups is 1. The Balaban J connectivity index is 1.57. The molecule has 0 radical (unpaired) electrons. The van der Waals surface area contributed by atoms with Crippen LogP contribution in [0.3, 0.4) is 0 Å². The van der Waals surface area contributed by atoms with Crippen LogP contribution >= 0.6 is 0 Å². The van der Waals surface area contributed by atoms with Gasteiger partial charge in [0.1, 0.15) is 18.2 Å². The number of hydrogen-bond donors (Lipinski definition) is 1. The zero-order valence-corrected chi connectivity index (χ0v) is 16.1. The normalized spacial score (nSPS) is 46.7. The molecule has 0 saturated heterocycles. The van der Waals surface area contributed by atoms with Gasteiger partial charge in [-0.25, -0.2) is 0 Å². The molecule has 0 spiro atoms. The molecule has 144 valence electrons. The zero-order valence-electron chi connectivity index (χ0n) is 16.1. The minimum absolute atomic E-state index is 0.0554. The second-order valence-electron chi connectivity index (χ2n) is 9.51. The van der Waals surface area contributed by atoms with Crippen LogP contribution in [0, 0.1) is 34.5 Å². The van der Waals surface area contributed by atoms with Gasteiger partial charge in [0.15, 0.2) is 0 Å². The molecule has 4 aliphatic rings. The number of nitrogens with two attached hydrogens (primary N) is 1. The van der Waals surface area contributed by atoms with Gasteiger partial charge < -0.3 is 10.6 Å². The van der Waals surface area contributed by atoms with Crippen LogP contribution in [0.25, 0.3) is 0 Å². The lowest BCUT2D eigenvalue weighted by Crippen LogP contribution is -2.56. The van der Waals surface area contributed by atoms with E-state index in [9.17, 15) is 9.59 Å². The Labute approximate surface area is 156 Å². The molecule has 4 aliphatic carbocycles. The molecule has 4 rings (SSSR count). The number of hydrogen-bond acceptors (Lipinski definition) is 5. The third kappa shape index (κ3) is 2.57. The minimum Gasteiger partial charge on any atom is -0.395 e. The van der Waals surface area contributed by atoms with Crippen molar-refractivity contribution in [2.24, 2.45) is 45.4 Å². The summed E-state index contributed by atoms with van der Waals surface area (Å²) in [6.07, 6.45) is 7.13. The smallest absolute Gasteiger partial charge is 0.139 e. The maximum atomic E-state index is 13.1. The Hall–Kier alpha value is -1.23. The van der Waals surface area contributed by atoms with Gasteiger partial charge in [-0.15, -0.1) is 0 Å². The van der Waals surface area contributed by atoms with Gasteiger partial charge in [-0.2, -0.15) is 0 Å². The largest absolute Gasteiger partial charge is 0.395 e. The summed E-state index contributed by atoms with van der Waals surface area (Å²) in [7, 11) is 0. The fraction of sp³-hybridized carbons (Fsp3) is 0.857. The van der Waals surface area contributed by atoms with Gasteiger partial charge in [0.25, 0.3) is 0 Å². The maximum absolute atomic E-state index is 13.1. The lowest BCUT2D eigenvalue weighted by atomic mass is 9.45. The molecule has 4 saturated carbocycles. The molecular formula is C21H32N2O3. The first kappa shape index (κ1) is 18.1. The predicted octanol–water partition coefficient (Wildman–Crippen LogP) is 3.11. The highest BCUT2D eigenvalue weighted by atomic mass is 16.6. The van der Waals surface area contributed by atoms with E-state index >= 15 is 0 Å². The highest BCUT2D eigenvalue weighted by Crippen LogP contribution is 2.64. The molecule has 4 fully saturated rings. The molecule has 26 heavy (non-hydrogen) atoms. The van der Waals surface area contributed by atoms with E-state index in [1.54, 1.807) is 0 Å². The fourth-order valence-electron chi connectivity index (χ4n) is 6.89. The molecule has 0 unspecified atom stereocenters. The molecule has 0 bridgehead atoms. The Kier molecular flexibility index (Phi) is 4.49. The van der Waals surface area contributed by atoms with E-state index in [2.05, 4.69) is 19.0 Å². The second-order valence-corrected chi connectivity index (χ2v) is 9.51. The highest BCUT2D eigenvalue weighted by molar-refractivity contribution is 5.93. The molecule has 5 heteroatoms. The van der Waals surface area contributed by atoms with E-state index in [4.69, 9.17) is 10.6 Å². The van der Waals surface area contributed by atoms with E-state index < -0.39 is 0 Å². The molecule has 0 aromatic heterocycles. The number of Topliss-reactive ketones (excluding diaryl/α,β-unsaturated/α-hetero) is 2. The first-order valence-electron chi connectivity index (χ1n) is 10.3. The number of rotatable bonds is 3. The number of ketones is 2. The summed E-state index contributed by atoms with van der Waals surface area (Å²) in [6, 6.07) is 0. The number of carbonyl (C=O) groups excluding carboxylic acids is 2. The van der Waals surface area contributed by atoms with Gasteiger partial charge in [-0.1, -0.05) is 19.0 Å². The molecule has 0 heterocycles. The maximum Gasteiger partial charge on any atom is 0.139 e. The SMILES string of the molecule is C[C@]12CC/C(=N/OCCN)C[C@@H]1C(=O)C[C@@H]1[C@@H]2CC[C@]2(C)C(=O)CC[C@@H]12. The summed E-state index contributed by atoms with van der Waals surface area (Å²) in [4.78, 5) is 30.9. The topological polar surface area (TPSA) is 81.8 Å². The summed E-state index contributed by atoms with van der Waals surface area (Å²) in [5.41, 5.74) is 6.37. The van der Waals surface area contributed by atoms with Crippen LogP contribution in [0.4, 0.5) is 0 Å². The van der Waals surface area contributed by atoms with Crippen molar-refractivity contribution < 1.29 is 14.4 Å². The highest BCUT2D eigenvalue weighted by Gasteiger charge is 2.62. The zero-order chi connectivity index (χ0) is 18.5. The molecule has 0 amide bonds. The van der Waals surface area contributed by atoms with Gasteiger partial charge in [-0.3, -0.25) is 9.59 Å². The van der Waals surface area contributed by atoms with Gasteiger partial charge >= 0.3 is 0 Å². The summed E-state index contributed by atoms with van der Waals surface area (Å²) in [5.74, 6) is 2.29. The van der Waals surface area contributed by atoms with Crippen LogP contribution < -0.4 is 5.73 Å². The molecular weight excluding hydrogens is 328 g/mol. The van der Waals surface area contributed by atoms with E-state index in [-0.39, 0.29) is 16.7 Å². The predicted molar refractivity (Wildman–Crippen MR) is 99.6 cm³/mol. The Morgan fingerprint density at radius 3 is 2.69 bits per heavy atom. The average molecular weight is 360 g/mol. The summed E-state index contributed by atoms with van der Waals surface area (Å²) in [6.45, 7) is 5.39. The number of carbonyl (C=O) groups is 2. The van der Waals surface area contributed by atoms with Gasteiger partial charge in [0, 0.05) is 30.7 Å². The second kappa shape index (κ2) is 6.43. The van der Waals surface area contributed by atoms with Crippen LogP contribution in [0.5, 0.6) is 0 Å². The van der Waals surface area contributed by atoms with Crippen molar-refractivity contribution >= 4 is 17.3 Å². The third-order valence-corrected chi connectivity index (χ3v) is 8.41. The van der Waals surface area contributed by atoms with Gasteiger partial charge in [-0.05, 0) is 61.7 Å². The quantitative estimate of drug-likeness (QED) is 0.619. The van der Waals surface area contributed by atoms with Crippen LogP contribution in [0.1, 0.15) is 65.2 Å². The molecule has 6 atom stereocenters. The lowest BCUT2D eigenvalue weighted by molar-refractivity contribution is -0.152. The Bertz CT molecular complexity index is 645. The molecule has 0 aromatic rings. The van der Waals surface area contributed by atoms with Crippen LogP contribution in [-0.2, 0) is 14.4 Å². The number of fused-ring (bicyclic) bond motifs is 5. The minimum atomic E-state index is -0.165. The number of nitrogens with zero attached hydrogens (tertiary/aromatic N) is 1. The Morgan fingerprint density at radius 2 is 1.92 bits per heavy atom. The Morgan fingerprint density at radius 1 is 1.12 bits per heavy atom. The first-order valence-corrected chi connectivity index (χ1v) is 10.3. The van der Waals surface area contributed by atoms with Crippen LogP contribution in [0.15, 0.2) is 5.16 Å². The van der Waals surface area contributed by atoms with Crippen molar-refractivity contribution in [2.75, 3.05) is 13.2 Å². The molecule has 5 nitrogen and oxygen atoms in total. The summed E-state index contributed by atoms with van der Waals surface area (Å²) >= 11 is 0. The van der Waals surface area contributed by atoms with Crippen molar-refractivity contribution in [1.82, 2.24) is 0 Å². The van der Waals surface area contributed by atoms with Crippen molar-refractivity contribution in [3.63, 3.8) is 0 Å². The summed E-state index contributed by atoms with van der Waals surface area (Å²) < 4.78 is 0. The molecule has 0 aromatic carbocycles. The standard InChI is InChI=1S/C21H32N2O3/c1-20-7-5-13(23-26-10-9-22)11-17(20)18(24)12-14-15-3-4-19(25)21(15,2)8-6-16(14)20/h14-17H,3-12,22H2,1-2H3/b23-13-/t14-,15-,16-,17+,20+,21-/m0/s1. The fourth-order valence-corrected chi connectivity index (χ4v) is 6.89. The third-order valence-electron chi connectivity index (χ3n) is 8.41. The van der Waals surface area contributed by atoms with Gasteiger partial charge in [0.2, 0.25) is 0 Å². The molecule has 0 aliphatic heterocycles. The van der Waals surface area contributed by atoms with Crippen LogP contribution in [0.2, 0.25) is 0 Å². The van der Waals surface area contributed by atoms with Crippen molar-refractivity contribution in [1.29, 1.82) is 0 Å². The van der Waals surface area contributed by atoms with Crippen molar-refractivity contribution in [3.8, 4) is 0 Å². The lowest BCUT2D eigenvalue weighted by Gasteiger charge is -2.58. The van der Waals surface area contributed by atoms with Crippen molar-refractivity contribution in [3.05, 3.63) is 0 Å². The van der Waals surface area contributed by atoms with E-state index in [0.717, 1.165) is 44.2 Å². The van der Waals surface area contributed by atoms with Gasteiger partial charge in [0.05, 0.1) is 5.71 Å². The van der Waals surface area contributed by atoms with E-state index in [1.807, 2.05) is 0 Å². The van der Waals surface area contributed by atoms with Crippen LogP contribution in [-0.4, -0.2) is 30.4 Å². The first-order chi connectivity index (χ1) is 12.4. The van der Waals surface area contributed by atoms with Crippen molar-refractivity contribution in [2.45, 2.75) is 65.2 Å². The van der Waals surface area contributed by atoms with E-state index in [1.165, 1.54) is 0 Å². The monoisotopic (exact) mass is 360 g/mol. The summed E-state index contributed by atoms with van der Waals surface area (Å²) in [5, 5.41) is 4.25. The van der Waals surface area contributed by atoms with E-state index in [0.29, 0.717) is 55.3 Å². The molecule has 2 N–H and O–H groups in total.